The fourth-order valence-corrected chi connectivity index (χ4v) is 2.25. The third-order valence-corrected chi connectivity index (χ3v) is 3.17. The van der Waals surface area contributed by atoms with Crippen LogP contribution in [-0.4, -0.2) is 18.0 Å². The van der Waals surface area contributed by atoms with Gasteiger partial charge in [0.15, 0.2) is 0 Å². The molecule has 0 atom stereocenters. The number of hydrogen-bond acceptors (Lipinski definition) is 3. The maximum atomic E-state index is 13.3. The molecule has 2 aromatic rings. The second-order valence-electron chi connectivity index (χ2n) is 4.84. The fourth-order valence-electron chi connectivity index (χ4n) is 2.25. The van der Waals surface area contributed by atoms with Gasteiger partial charge in [-0.05, 0) is 50.6 Å². The molecular formula is C16H17FN2O2. The van der Waals surface area contributed by atoms with Crippen molar-refractivity contribution < 1.29 is 13.9 Å². The van der Waals surface area contributed by atoms with Crippen molar-refractivity contribution in [1.29, 1.82) is 0 Å². The van der Waals surface area contributed by atoms with Gasteiger partial charge in [-0.15, -0.1) is 0 Å². The fraction of sp³-hybridized carbons (Fsp3) is 0.250. The van der Waals surface area contributed by atoms with Crippen LogP contribution in [-0.2, 0) is 0 Å². The van der Waals surface area contributed by atoms with Gasteiger partial charge in [0.25, 0.3) is 5.91 Å². The standard InChI is InChI=1S/C16H17FN2O2/c1-9-7-10(2)18-11(3)15(9)19-16(20)13-8-12(17)5-6-14(13)21-4/h5-8H,1-4H3,(H,19,20). The average Bonchev–Trinajstić information content (AvgIpc) is 2.42. The first kappa shape index (κ1) is 15.0. The second-order valence-corrected chi connectivity index (χ2v) is 4.84. The second kappa shape index (κ2) is 5.91. The third-order valence-electron chi connectivity index (χ3n) is 3.17. The van der Waals surface area contributed by atoms with Crippen molar-refractivity contribution in [3.63, 3.8) is 0 Å². The highest BCUT2D eigenvalue weighted by Crippen LogP contribution is 2.24. The molecule has 0 aliphatic rings. The Balaban J connectivity index is 2.37. The Kier molecular flexibility index (Phi) is 4.21. The largest absolute Gasteiger partial charge is 0.496 e. The number of methoxy groups -OCH3 is 1. The lowest BCUT2D eigenvalue weighted by molar-refractivity contribution is 0.102. The van der Waals surface area contributed by atoms with Gasteiger partial charge in [0.1, 0.15) is 11.6 Å². The van der Waals surface area contributed by atoms with Crippen LogP contribution < -0.4 is 10.1 Å². The lowest BCUT2D eigenvalue weighted by Gasteiger charge is -2.13. The van der Waals surface area contributed by atoms with Crippen LogP contribution in [0.1, 0.15) is 27.3 Å². The number of amides is 1. The molecule has 0 fully saturated rings. The Morgan fingerprint density at radius 2 is 1.95 bits per heavy atom. The molecule has 1 aromatic carbocycles. The molecule has 0 bridgehead atoms. The van der Waals surface area contributed by atoms with E-state index in [4.69, 9.17) is 4.74 Å². The molecule has 1 amide bonds. The molecule has 0 unspecified atom stereocenters. The number of aryl methyl sites for hydroxylation is 3. The van der Waals surface area contributed by atoms with E-state index in [0.717, 1.165) is 23.0 Å². The summed E-state index contributed by atoms with van der Waals surface area (Å²) in [7, 11) is 1.44. The zero-order chi connectivity index (χ0) is 15.6. The summed E-state index contributed by atoms with van der Waals surface area (Å²) in [6.07, 6.45) is 0. The van der Waals surface area contributed by atoms with Gasteiger partial charge in [-0.2, -0.15) is 0 Å². The first-order valence-electron chi connectivity index (χ1n) is 6.52. The number of benzene rings is 1. The van der Waals surface area contributed by atoms with Gasteiger partial charge in [0, 0.05) is 5.69 Å². The van der Waals surface area contributed by atoms with E-state index in [1.807, 2.05) is 26.8 Å². The van der Waals surface area contributed by atoms with Crippen molar-refractivity contribution in [2.75, 3.05) is 12.4 Å². The quantitative estimate of drug-likeness (QED) is 0.941. The highest BCUT2D eigenvalue weighted by atomic mass is 19.1. The maximum absolute atomic E-state index is 13.3. The molecule has 1 N–H and O–H groups in total. The molecule has 0 radical (unpaired) electrons. The zero-order valence-corrected chi connectivity index (χ0v) is 12.5. The third kappa shape index (κ3) is 3.18. The number of rotatable bonds is 3. The number of halogens is 1. The Labute approximate surface area is 123 Å². The molecule has 1 heterocycles. The van der Waals surface area contributed by atoms with E-state index in [-0.39, 0.29) is 5.56 Å². The first-order valence-corrected chi connectivity index (χ1v) is 6.52. The number of carbonyl (C=O) groups is 1. The summed E-state index contributed by atoms with van der Waals surface area (Å²) in [4.78, 5) is 16.7. The van der Waals surface area contributed by atoms with Crippen LogP contribution in [0.25, 0.3) is 0 Å². The Morgan fingerprint density at radius 3 is 2.57 bits per heavy atom. The van der Waals surface area contributed by atoms with Crippen molar-refractivity contribution >= 4 is 11.6 Å². The van der Waals surface area contributed by atoms with Crippen molar-refractivity contribution in [2.45, 2.75) is 20.8 Å². The molecule has 0 spiro atoms. The minimum Gasteiger partial charge on any atom is -0.496 e. The molecular weight excluding hydrogens is 271 g/mol. The van der Waals surface area contributed by atoms with Crippen LogP contribution in [0.5, 0.6) is 5.75 Å². The Morgan fingerprint density at radius 1 is 1.24 bits per heavy atom. The summed E-state index contributed by atoms with van der Waals surface area (Å²) in [6.45, 7) is 5.60. The molecule has 5 heteroatoms. The molecule has 0 saturated carbocycles. The van der Waals surface area contributed by atoms with Gasteiger partial charge in [-0.3, -0.25) is 9.78 Å². The Bertz CT molecular complexity index is 676. The predicted octanol–water partition coefficient (Wildman–Crippen LogP) is 3.41. The predicted molar refractivity (Wildman–Crippen MR) is 79.4 cm³/mol. The molecule has 1 aromatic heterocycles. The van der Waals surface area contributed by atoms with E-state index in [1.165, 1.54) is 19.2 Å². The molecule has 0 aliphatic carbocycles. The minimum absolute atomic E-state index is 0.150. The van der Waals surface area contributed by atoms with E-state index in [2.05, 4.69) is 10.3 Å². The van der Waals surface area contributed by atoms with Crippen molar-refractivity contribution in [2.24, 2.45) is 0 Å². The van der Waals surface area contributed by atoms with Crippen LogP contribution in [0, 0.1) is 26.6 Å². The van der Waals surface area contributed by atoms with Gasteiger partial charge >= 0.3 is 0 Å². The van der Waals surface area contributed by atoms with Gasteiger partial charge in [0.05, 0.1) is 24.1 Å². The lowest BCUT2D eigenvalue weighted by atomic mass is 10.1. The van der Waals surface area contributed by atoms with Crippen LogP contribution in [0.2, 0.25) is 0 Å². The SMILES string of the molecule is COc1ccc(F)cc1C(=O)Nc1c(C)cc(C)nc1C. The van der Waals surface area contributed by atoms with Crippen molar-refractivity contribution in [3.8, 4) is 5.75 Å². The monoisotopic (exact) mass is 288 g/mol. The number of hydrogen-bond donors (Lipinski definition) is 1. The Hall–Kier alpha value is -2.43. The number of nitrogens with one attached hydrogen (secondary N) is 1. The van der Waals surface area contributed by atoms with E-state index < -0.39 is 11.7 Å². The summed E-state index contributed by atoms with van der Waals surface area (Å²) in [5, 5.41) is 2.78. The van der Waals surface area contributed by atoms with E-state index in [1.54, 1.807) is 0 Å². The number of nitrogens with zero attached hydrogens (tertiary/aromatic N) is 1. The molecule has 4 nitrogen and oxygen atoms in total. The number of carbonyl (C=O) groups excluding carboxylic acids is 1. The molecule has 110 valence electrons. The van der Waals surface area contributed by atoms with Crippen molar-refractivity contribution in [1.82, 2.24) is 4.98 Å². The van der Waals surface area contributed by atoms with Gasteiger partial charge in [-0.1, -0.05) is 0 Å². The zero-order valence-electron chi connectivity index (χ0n) is 12.5. The summed E-state index contributed by atoms with van der Waals surface area (Å²) in [5.74, 6) is -0.594. The number of anilines is 1. The maximum Gasteiger partial charge on any atom is 0.259 e. The lowest BCUT2D eigenvalue weighted by Crippen LogP contribution is -2.16. The van der Waals surface area contributed by atoms with E-state index in [9.17, 15) is 9.18 Å². The summed E-state index contributed by atoms with van der Waals surface area (Å²) in [6, 6.07) is 5.71. The highest BCUT2D eigenvalue weighted by molar-refractivity contribution is 6.06. The number of pyridine rings is 1. The normalized spacial score (nSPS) is 10.3. The minimum atomic E-state index is -0.489. The molecule has 21 heavy (non-hydrogen) atoms. The topological polar surface area (TPSA) is 51.2 Å². The van der Waals surface area contributed by atoms with E-state index in [0.29, 0.717) is 11.4 Å². The summed E-state index contributed by atoms with van der Waals surface area (Å²) < 4.78 is 18.4. The van der Waals surface area contributed by atoms with Gasteiger partial charge in [0.2, 0.25) is 0 Å². The first-order chi connectivity index (χ1) is 9.92. The van der Waals surface area contributed by atoms with Gasteiger partial charge < -0.3 is 10.1 Å². The van der Waals surface area contributed by atoms with E-state index >= 15 is 0 Å². The van der Waals surface area contributed by atoms with Crippen LogP contribution in [0.3, 0.4) is 0 Å². The summed E-state index contributed by atoms with van der Waals surface area (Å²) >= 11 is 0. The summed E-state index contributed by atoms with van der Waals surface area (Å²) in [5.41, 5.74) is 3.29. The highest BCUT2D eigenvalue weighted by Gasteiger charge is 2.16. The smallest absolute Gasteiger partial charge is 0.259 e. The average molecular weight is 288 g/mol. The molecule has 2 rings (SSSR count). The number of aromatic nitrogens is 1. The number of ether oxygens (including phenoxy) is 1. The molecule has 0 aliphatic heterocycles. The van der Waals surface area contributed by atoms with Crippen LogP contribution in [0.15, 0.2) is 24.3 Å². The van der Waals surface area contributed by atoms with Crippen LogP contribution >= 0.6 is 0 Å². The van der Waals surface area contributed by atoms with Gasteiger partial charge in [-0.25, -0.2) is 4.39 Å². The van der Waals surface area contributed by atoms with Crippen molar-refractivity contribution in [3.05, 3.63) is 52.6 Å². The molecule has 0 saturated heterocycles. The van der Waals surface area contributed by atoms with Crippen LogP contribution in [0.4, 0.5) is 10.1 Å².